The second kappa shape index (κ2) is 10.9. The number of benzene rings is 1. The van der Waals surface area contributed by atoms with Gasteiger partial charge in [-0.25, -0.2) is 4.79 Å². The number of aryl methyl sites for hydroxylation is 1. The van der Waals surface area contributed by atoms with Gasteiger partial charge in [-0.2, -0.15) is 0 Å². The molecule has 3 heterocycles. The highest BCUT2D eigenvalue weighted by Crippen LogP contribution is 2.41. The number of nitrogens with one attached hydrogen (secondary N) is 1. The van der Waals surface area contributed by atoms with Crippen molar-refractivity contribution in [2.24, 2.45) is 0 Å². The first kappa shape index (κ1) is 25.4. The lowest BCUT2D eigenvalue weighted by Gasteiger charge is -2.28. The third-order valence-electron chi connectivity index (χ3n) is 6.54. The summed E-state index contributed by atoms with van der Waals surface area (Å²) in [5, 5.41) is 4.09. The number of nitrogens with zero attached hydrogens (tertiary/aromatic N) is 3. The van der Waals surface area contributed by atoms with Gasteiger partial charge in [0, 0.05) is 36.2 Å². The van der Waals surface area contributed by atoms with E-state index in [-0.39, 0.29) is 24.0 Å². The highest BCUT2D eigenvalue weighted by Gasteiger charge is 2.41. The van der Waals surface area contributed by atoms with Crippen LogP contribution in [0.2, 0.25) is 0 Å². The molecule has 36 heavy (non-hydrogen) atoms. The first-order chi connectivity index (χ1) is 17.3. The summed E-state index contributed by atoms with van der Waals surface area (Å²) in [6.45, 7) is 4.75. The van der Waals surface area contributed by atoms with E-state index in [0.717, 1.165) is 28.3 Å². The second-order valence-corrected chi connectivity index (χ2v) is 9.09. The molecule has 1 saturated heterocycles. The number of pyridine rings is 1. The molecule has 0 saturated carbocycles. The molecule has 4 rings (SSSR count). The van der Waals surface area contributed by atoms with Crippen LogP contribution in [0, 0.1) is 13.8 Å². The van der Waals surface area contributed by atoms with Crippen LogP contribution in [0.5, 0.6) is 0 Å². The van der Waals surface area contributed by atoms with Gasteiger partial charge in [-0.3, -0.25) is 9.78 Å². The van der Waals surface area contributed by atoms with E-state index in [1.165, 1.54) is 14.2 Å². The lowest BCUT2D eigenvalue weighted by atomic mass is 9.96. The molecule has 0 amide bonds. The van der Waals surface area contributed by atoms with Crippen molar-refractivity contribution >= 4 is 29.3 Å². The summed E-state index contributed by atoms with van der Waals surface area (Å²) in [6.07, 6.45) is 2.72. The second-order valence-electron chi connectivity index (χ2n) is 8.70. The molecule has 2 aromatic heterocycles. The van der Waals surface area contributed by atoms with Crippen molar-refractivity contribution in [1.29, 1.82) is 0 Å². The maximum atomic E-state index is 11.9. The number of hydrogen-bond donors (Lipinski definition) is 1. The number of aromatic nitrogens is 2. The molecule has 1 aromatic carbocycles. The van der Waals surface area contributed by atoms with Gasteiger partial charge in [0.25, 0.3) is 0 Å². The zero-order chi connectivity index (χ0) is 25.8. The SMILES string of the molecule is COC(=O)CCCN1C(=S)NC(c2ccccn2)C1c1cc(C)n(-c2ccc(C(=O)OC)cc2)c1C. The van der Waals surface area contributed by atoms with Crippen LogP contribution in [-0.2, 0) is 14.3 Å². The Morgan fingerprint density at radius 3 is 2.47 bits per heavy atom. The van der Waals surface area contributed by atoms with Crippen LogP contribution < -0.4 is 5.32 Å². The minimum Gasteiger partial charge on any atom is -0.469 e. The minimum absolute atomic E-state index is 0.112. The van der Waals surface area contributed by atoms with Crippen molar-refractivity contribution in [1.82, 2.24) is 19.8 Å². The predicted molar refractivity (Wildman–Crippen MR) is 140 cm³/mol. The quantitative estimate of drug-likeness (QED) is 0.359. The molecule has 1 N–H and O–H groups in total. The van der Waals surface area contributed by atoms with Crippen LogP contribution in [0.3, 0.4) is 0 Å². The molecule has 1 aliphatic rings. The summed E-state index contributed by atoms with van der Waals surface area (Å²) in [7, 11) is 2.77. The number of methoxy groups -OCH3 is 2. The first-order valence-corrected chi connectivity index (χ1v) is 12.2. The lowest BCUT2D eigenvalue weighted by molar-refractivity contribution is -0.140. The van der Waals surface area contributed by atoms with Gasteiger partial charge in [0.15, 0.2) is 5.11 Å². The molecule has 3 aromatic rings. The summed E-state index contributed by atoms with van der Waals surface area (Å²) in [4.78, 5) is 30.3. The molecule has 0 bridgehead atoms. The van der Waals surface area contributed by atoms with E-state index >= 15 is 0 Å². The minimum atomic E-state index is -0.366. The van der Waals surface area contributed by atoms with E-state index < -0.39 is 0 Å². The van der Waals surface area contributed by atoms with Crippen LogP contribution in [-0.4, -0.2) is 52.3 Å². The number of rotatable bonds is 8. The fraction of sp³-hybridized carbons (Fsp3) is 0.333. The summed E-state index contributed by atoms with van der Waals surface area (Å²) in [6, 6.07) is 15.1. The van der Waals surface area contributed by atoms with E-state index in [1.807, 2.05) is 30.3 Å². The molecule has 9 heteroatoms. The van der Waals surface area contributed by atoms with Gasteiger partial charge in [-0.05, 0) is 80.5 Å². The Balaban J connectivity index is 1.72. The van der Waals surface area contributed by atoms with E-state index in [4.69, 9.17) is 21.7 Å². The highest BCUT2D eigenvalue weighted by atomic mass is 32.1. The molecule has 0 spiro atoms. The number of esters is 2. The Bertz CT molecular complexity index is 1260. The van der Waals surface area contributed by atoms with Crippen LogP contribution in [0.25, 0.3) is 5.69 Å². The Kier molecular flexibility index (Phi) is 7.69. The largest absolute Gasteiger partial charge is 0.469 e. The third kappa shape index (κ3) is 4.97. The standard InChI is InChI=1S/C27H30N4O4S/c1-17-16-21(18(2)31(17)20-12-10-19(11-13-20)26(33)35-4)25-24(22-8-5-6-14-28-22)29-27(36)30(25)15-7-9-23(32)34-3/h5-6,8,10-14,16,24-25H,7,9,15H2,1-4H3,(H,29,36). The molecule has 2 unspecified atom stereocenters. The summed E-state index contributed by atoms with van der Waals surface area (Å²) < 4.78 is 11.8. The molecular formula is C27H30N4O4S. The van der Waals surface area contributed by atoms with Gasteiger partial charge in [0.05, 0.1) is 37.6 Å². The number of carbonyl (C=O) groups is 2. The number of hydrogen-bond acceptors (Lipinski definition) is 6. The van der Waals surface area contributed by atoms with Crippen molar-refractivity contribution in [2.45, 2.75) is 38.8 Å². The number of carbonyl (C=O) groups excluding carboxylic acids is 2. The van der Waals surface area contributed by atoms with Gasteiger partial charge in [0.1, 0.15) is 0 Å². The predicted octanol–water partition coefficient (Wildman–Crippen LogP) is 4.20. The molecule has 0 radical (unpaired) electrons. The molecule has 1 fully saturated rings. The zero-order valence-electron chi connectivity index (χ0n) is 20.9. The van der Waals surface area contributed by atoms with Gasteiger partial charge >= 0.3 is 11.9 Å². The molecule has 2 atom stereocenters. The van der Waals surface area contributed by atoms with Crippen molar-refractivity contribution in [3.05, 3.63) is 82.9 Å². The molecule has 8 nitrogen and oxygen atoms in total. The molecule has 0 aliphatic carbocycles. The van der Waals surface area contributed by atoms with Crippen molar-refractivity contribution in [3.8, 4) is 5.69 Å². The Labute approximate surface area is 216 Å². The van der Waals surface area contributed by atoms with Gasteiger partial charge in [-0.1, -0.05) is 6.07 Å². The topological polar surface area (TPSA) is 85.7 Å². The van der Waals surface area contributed by atoms with Crippen molar-refractivity contribution < 1.29 is 19.1 Å². The normalized spacial score (nSPS) is 17.1. The van der Waals surface area contributed by atoms with Gasteiger partial charge in [-0.15, -0.1) is 0 Å². The molecular weight excluding hydrogens is 476 g/mol. The smallest absolute Gasteiger partial charge is 0.337 e. The summed E-state index contributed by atoms with van der Waals surface area (Å²) >= 11 is 5.75. The van der Waals surface area contributed by atoms with Crippen LogP contribution >= 0.6 is 12.2 Å². The van der Waals surface area contributed by atoms with Gasteiger partial charge in [0.2, 0.25) is 0 Å². The van der Waals surface area contributed by atoms with Gasteiger partial charge < -0.3 is 24.3 Å². The van der Waals surface area contributed by atoms with E-state index in [0.29, 0.717) is 30.1 Å². The average Bonchev–Trinajstić information content (AvgIpc) is 3.38. The third-order valence-corrected chi connectivity index (χ3v) is 6.89. The molecule has 1 aliphatic heterocycles. The summed E-state index contributed by atoms with van der Waals surface area (Å²) in [5.41, 5.74) is 5.58. The first-order valence-electron chi connectivity index (χ1n) is 11.8. The average molecular weight is 507 g/mol. The zero-order valence-corrected chi connectivity index (χ0v) is 21.7. The van der Waals surface area contributed by atoms with E-state index in [9.17, 15) is 9.59 Å². The maximum Gasteiger partial charge on any atom is 0.337 e. The lowest BCUT2D eigenvalue weighted by Crippen LogP contribution is -2.31. The number of thiocarbonyl (C=S) groups is 1. The Hall–Kier alpha value is -3.72. The summed E-state index contributed by atoms with van der Waals surface area (Å²) in [5.74, 6) is -0.603. The van der Waals surface area contributed by atoms with Crippen molar-refractivity contribution in [3.63, 3.8) is 0 Å². The van der Waals surface area contributed by atoms with Crippen molar-refractivity contribution in [2.75, 3.05) is 20.8 Å². The highest BCUT2D eigenvalue weighted by molar-refractivity contribution is 7.80. The Morgan fingerprint density at radius 2 is 1.83 bits per heavy atom. The van der Waals surface area contributed by atoms with Crippen LogP contribution in [0.15, 0.2) is 54.7 Å². The fourth-order valence-electron chi connectivity index (χ4n) is 4.83. The van der Waals surface area contributed by atoms with E-state index in [1.54, 1.807) is 18.3 Å². The Morgan fingerprint density at radius 1 is 1.08 bits per heavy atom. The van der Waals surface area contributed by atoms with Crippen LogP contribution in [0.1, 0.15) is 57.9 Å². The monoisotopic (exact) mass is 506 g/mol. The molecule has 188 valence electrons. The number of ether oxygens (including phenoxy) is 2. The van der Waals surface area contributed by atoms with Crippen LogP contribution in [0.4, 0.5) is 0 Å². The fourth-order valence-corrected chi connectivity index (χ4v) is 5.16. The maximum absolute atomic E-state index is 11.9. The van der Waals surface area contributed by atoms with E-state index in [2.05, 4.69) is 39.7 Å².